The molecule has 1 heterocycles. The molecule has 0 bridgehead atoms. The van der Waals surface area contributed by atoms with Crippen LogP contribution in [0.1, 0.15) is 11.1 Å². The average molecular weight is 405 g/mol. The van der Waals surface area contributed by atoms with E-state index in [-0.39, 0.29) is 6.04 Å². The normalized spacial score (nSPS) is 17.4. The Bertz CT molecular complexity index is 740. The third-order valence-corrected chi connectivity index (χ3v) is 4.90. The van der Waals surface area contributed by atoms with E-state index in [0.717, 1.165) is 26.8 Å². The maximum absolute atomic E-state index is 12.0. The molecular formula is C18H16INO2. The molecule has 2 aromatic carbocycles. The summed E-state index contributed by atoms with van der Waals surface area (Å²) in [6, 6.07) is 17.7. The smallest absolute Gasteiger partial charge is 0.334 e. The minimum absolute atomic E-state index is 0.136. The van der Waals surface area contributed by atoms with Crippen molar-refractivity contribution in [3.8, 4) is 0 Å². The van der Waals surface area contributed by atoms with Gasteiger partial charge in [-0.1, -0.05) is 71.1 Å². The van der Waals surface area contributed by atoms with E-state index in [1.807, 2.05) is 55.6 Å². The SMILES string of the molecule is CN1c2ccccc2C(c2ccccc2)=C(C(=O)O)C1CI. The van der Waals surface area contributed by atoms with E-state index < -0.39 is 5.97 Å². The molecule has 1 N–H and O–H groups in total. The zero-order chi connectivity index (χ0) is 15.7. The average Bonchev–Trinajstić information content (AvgIpc) is 2.55. The van der Waals surface area contributed by atoms with E-state index in [4.69, 9.17) is 0 Å². The molecule has 3 nitrogen and oxygen atoms in total. The van der Waals surface area contributed by atoms with Gasteiger partial charge in [-0.2, -0.15) is 0 Å². The number of carboxylic acid groups (broad SMARTS) is 1. The summed E-state index contributed by atoms with van der Waals surface area (Å²) in [6.07, 6.45) is 0. The summed E-state index contributed by atoms with van der Waals surface area (Å²) in [5.74, 6) is -0.845. The number of para-hydroxylation sites is 1. The van der Waals surface area contributed by atoms with Gasteiger partial charge in [0.25, 0.3) is 0 Å². The molecule has 2 aromatic rings. The second-order valence-electron chi connectivity index (χ2n) is 5.26. The standard InChI is InChI=1S/C18H16INO2/c1-20-14-10-6-5-9-13(14)16(12-7-3-2-4-8-12)17(18(21)22)15(20)11-19/h2-10,15H,11H2,1H3,(H,21,22). The van der Waals surface area contributed by atoms with Gasteiger partial charge >= 0.3 is 5.97 Å². The molecule has 1 unspecified atom stereocenters. The van der Waals surface area contributed by atoms with Crippen LogP contribution in [0.15, 0.2) is 60.2 Å². The number of anilines is 1. The Kier molecular flexibility index (Phi) is 4.20. The molecule has 0 aromatic heterocycles. The first-order chi connectivity index (χ1) is 10.6. The van der Waals surface area contributed by atoms with Gasteiger partial charge in [0.15, 0.2) is 0 Å². The summed E-state index contributed by atoms with van der Waals surface area (Å²) < 4.78 is 0.723. The van der Waals surface area contributed by atoms with Crippen LogP contribution in [0.2, 0.25) is 0 Å². The fourth-order valence-corrected chi connectivity index (χ4v) is 4.04. The minimum atomic E-state index is -0.845. The van der Waals surface area contributed by atoms with Crippen LogP contribution in [0.3, 0.4) is 0 Å². The number of aliphatic carboxylic acids is 1. The molecule has 0 amide bonds. The predicted octanol–water partition coefficient (Wildman–Crippen LogP) is 3.83. The number of halogens is 1. The van der Waals surface area contributed by atoms with Crippen molar-refractivity contribution in [2.75, 3.05) is 16.4 Å². The summed E-state index contributed by atoms with van der Waals surface area (Å²) >= 11 is 2.26. The number of hydrogen-bond acceptors (Lipinski definition) is 2. The maximum atomic E-state index is 12.0. The molecule has 1 aliphatic heterocycles. The molecular weight excluding hydrogens is 389 g/mol. The quantitative estimate of drug-likeness (QED) is 0.624. The lowest BCUT2D eigenvalue weighted by Crippen LogP contribution is -2.41. The van der Waals surface area contributed by atoms with Gasteiger partial charge in [-0.3, -0.25) is 0 Å². The zero-order valence-electron chi connectivity index (χ0n) is 12.2. The van der Waals surface area contributed by atoms with Crippen molar-refractivity contribution in [2.45, 2.75) is 6.04 Å². The van der Waals surface area contributed by atoms with Crippen molar-refractivity contribution in [3.05, 3.63) is 71.3 Å². The Hall–Kier alpha value is -1.82. The number of rotatable bonds is 3. The molecule has 112 valence electrons. The monoisotopic (exact) mass is 405 g/mol. The van der Waals surface area contributed by atoms with Gasteiger partial charge in [-0.25, -0.2) is 4.79 Å². The Balaban J connectivity index is 2.36. The van der Waals surface area contributed by atoms with Gasteiger partial charge in [0.2, 0.25) is 0 Å². The number of hydrogen-bond donors (Lipinski definition) is 1. The van der Waals surface area contributed by atoms with Crippen molar-refractivity contribution < 1.29 is 9.90 Å². The Morgan fingerprint density at radius 1 is 1.14 bits per heavy atom. The first-order valence-electron chi connectivity index (χ1n) is 7.06. The first kappa shape index (κ1) is 15.1. The zero-order valence-corrected chi connectivity index (χ0v) is 14.3. The molecule has 0 saturated heterocycles. The van der Waals surface area contributed by atoms with Crippen LogP contribution in [0.25, 0.3) is 5.57 Å². The van der Waals surface area contributed by atoms with E-state index in [1.54, 1.807) is 0 Å². The van der Waals surface area contributed by atoms with Crippen molar-refractivity contribution in [1.29, 1.82) is 0 Å². The number of carbonyl (C=O) groups is 1. The van der Waals surface area contributed by atoms with Gasteiger partial charge < -0.3 is 10.0 Å². The van der Waals surface area contributed by atoms with Crippen molar-refractivity contribution >= 4 is 39.8 Å². The molecule has 0 fully saturated rings. The van der Waals surface area contributed by atoms with Crippen LogP contribution < -0.4 is 4.90 Å². The van der Waals surface area contributed by atoms with Crippen LogP contribution in [-0.2, 0) is 4.79 Å². The molecule has 0 radical (unpaired) electrons. The largest absolute Gasteiger partial charge is 0.478 e. The molecule has 0 saturated carbocycles. The maximum Gasteiger partial charge on any atom is 0.334 e. The van der Waals surface area contributed by atoms with E-state index in [1.165, 1.54) is 0 Å². The number of fused-ring (bicyclic) bond motifs is 1. The lowest BCUT2D eigenvalue weighted by molar-refractivity contribution is -0.132. The molecule has 0 spiro atoms. The van der Waals surface area contributed by atoms with Crippen molar-refractivity contribution in [3.63, 3.8) is 0 Å². The molecule has 4 heteroatoms. The van der Waals surface area contributed by atoms with Crippen LogP contribution in [0.5, 0.6) is 0 Å². The molecule has 1 atom stereocenters. The Morgan fingerprint density at radius 3 is 2.41 bits per heavy atom. The number of likely N-dealkylation sites (N-methyl/N-ethyl adjacent to an activating group) is 1. The number of alkyl halides is 1. The lowest BCUT2D eigenvalue weighted by Gasteiger charge is -2.37. The van der Waals surface area contributed by atoms with Crippen LogP contribution >= 0.6 is 22.6 Å². The highest BCUT2D eigenvalue weighted by Gasteiger charge is 2.34. The molecule has 0 aliphatic carbocycles. The topological polar surface area (TPSA) is 40.5 Å². The Labute approximate surface area is 143 Å². The minimum Gasteiger partial charge on any atom is -0.478 e. The third-order valence-electron chi connectivity index (χ3n) is 4.06. The fourth-order valence-electron chi connectivity index (χ4n) is 3.01. The number of carboxylic acids is 1. The van der Waals surface area contributed by atoms with Crippen molar-refractivity contribution in [2.24, 2.45) is 0 Å². The molecule has 1 aliphatic rings. The van der Waals surface area contributed by atoms with E-state index in [0.29, 0.717) is 5.57 Å². The highest BCUT2D eigenvalue weighted by Crippen LogP contribution is 2.41. The third kappa shape index (κ3) is 2.41. The highest BCUT2D eigenvalue weighted by atomic mass is 127. The second kappa shape index (κ2) is 6.12. The summed E-state index contributed by atoms with van der Waals surface area (Å²) in [7, 11) is 1.97. The van der Waals surface area contributed by atoms with Crippen LogP contribution in [0.4, 0.5) is 5.69 Å². The van der Waals surface area contributed by atoms with E-state index in [9.17, 15) is 9.90 Å². The van der Waals surface area contributed by atoms with Crippen LogP contribution in [0, 0.1) is 0 Å². The van der Waals surface area contributed by atoms with E-state index in [2.05, 4.69) is 33.6 Å². The summed E-state index contributed by atoms with van der Waals surface area (Å²) in [5, 5.41) is 9.83. The van der Waals surface area contributed by atoms with Gasteiger partial charge in [0.05, 0.1) is 11.6 Å². The predicted molar refractivity (Wildman–Crippen MR) is 97.6 cm³/mol. The lowest BCUT2D eigenvalue weighted by atomic mass is 9.85. The number of benzene rings is 2. The van der Waals surface area contributed by atoms with Gasteiger partial charge in [-0.15, -0.1) is 0 Å². The van der Waals surface area contributed by atoms with Gasteiger partial charge in [0.1, 0.15) is 0 Å². The van der Waals surface area contributed by atoms with Gasteiger partial charge in [0, 0.05) is 28.3 Å². The van der Waals surface area contributed by atoms with Gasteiger partial charge in [-0.05, 0) is 11.6 Å². The van der Waals surface area contributed by atoms with E-state index >= 15 is 0 Å². The summed E-state index contributed by atoms with van der Waals surface area (Å²) in [5.41, 5.74) is 4.32. The second-order valence-corrected chi connectivity index (χ2v) is 6.14. The molecule has 22 heavy (non-hydrogen) atoms. The highest BCUT2D eigenvalue weighted by molar-refractivity contribution is 14.1. The fraction of sp³-hybridized carbons (Fsp3) is 0.167. The van der Waals surface area contributed by atoms with Crippen LogP contribution in [-0.4, -0.2) is 28.6 Å². The summed E-state index contributed by atoms with van der Waals surface area (Å²) in [6.45, 7) is 0. The number of nitrogens with zero attached hydrogens (tertiary/aromatic N) is 1. The Morgan fingerprint density at radius 2 is 1.77 bits per heavy atom. The van der Waals surface area contributed by atoms with Crippen molar-refractivity contribution in [1.82, 2.24) is 0 Å². The molecule has 3 rings (SSSR count). The summed E-state index contributed by atoms with van der Waals surface area (Å²) in [4.78, 5) is 14.0. The first-order valence-corrected chi connectivity index (χ1v) is 8.58.